The van der Waals surface area contributed by atoms with Crippen molar-refractivity contribution in [2.75, 3.05) is 20.7 Å². The number of aliphatic hydroxyl groups is 2. The molecule has 0 radical (unpaired) electrons. The Morgan fingerprint density at radius 3 is 2.37 bits per heavy atom. The molecule has 8 atom stereocenters. The topological polar surface area (TPSA) is 79.2 Å². The Morgan fingerprint density at radius 1 is 1.26 bits per heavy atom. The molecule has 1 saturated heterocycles. The molecule has 2 unspecified atom stereocenters. The highest BCUT2D eigenvalue weighted by Crippen LogP contribution is 2.31. The molecular weight excluding hydrogens is 346 g/mol. The van der Waals surface area contributed by atoms with Crippen LogP contribution in [0.25, 0.3) is 0 Å². The Bertz CT molecular complexity index is 469. The molecule has 0 aromatic rings. The van der Waals surface area contributed by atoms with Gasteiger partial charge in [-0.05, 0) is 52.0 Å². The molecule has 1 fully saturated rings. The molecule has 1 aliphatic heterocycles. The van der Waals surface area contributed by atoms with Gasteiger partial charge >= 0.3 is 5.97 Å². The zero-order chi connectivity index (χ0) is 20.9. The third kappa shape index (κ3) is 6.70. The summed E-state index contributed by atoms with van der Waals surface area (Å²) in [5, 5.41) is 21.7. The van der Waals surface area contributed by atoms with E-state index in [1.807, 2.05) is 46.6 Å². The molecule has 0 aromatic heterocycles. The lowest BCUT2D eigenvalue weighted by molar-refractivity contribution is -0.169. The molecule has 27 heavy (non-hydrogen) atoms. The molecule has 6 heteroatoms. The second-order valence-corrected chi connectivity index (χ2v) is 9.07. The standard InChI is InChI=1S/C21H41NO5/c1-9-17-15(4)19(23)22(7)12-13(2)10-21(6,25)11-14(3)18(26-8)16(5)20(24)27-17/h13-19,23,25H,9-12H2,1-8H3/t13-,14-,15+,16?,17-,18+,19?,21-/m1/s1. The van der Waals surface area contributed by atoms with Crippen molar-refractivity contribution < 1.29 is 24.5 Å². The predicted molar refractivity (Wildman–Crippen MR) is 106 cm³/mol. The summed E-state index contributed by atoms with van der Waals surface area (Å²) in [7, 11) is 3.48. The van der Waals surface area contributed by atoms with Crippen LogP contribution in [0.1, 0.15) is 60.8 Å². The van der Waals surface area contributed by atoms with Gasteiger partial charge in [-0.1, -0.05) is 27.7 Å². The summed E-state index contributed by atoms with van der Waals surface area (Å²) in [6.45, 7) is 12.3. The second kappa shape index (κ2) is 10.2. The van der Waals surface area contributed by atoms with Crippen LogP contribution in [0.5, 0.6) is 0 Å². The number of nitrogens with zero attached hydrogens (tertiary/aromatic N) is 1. The van der Waals surface area contributed by atoms with Crippen LogP contribution < -0.4 is 0 Å². The summed E-state index contributed by atoms with van der Waals surface area (Å²) in [4.78, 5) is 14.6. The minimum atomic E-state index is -0.868. The fraction of sp³-hybridized carbons (Fsp3) is 0.952. The fourth-order valence-corrected chi connectivity index (χ4v) is 4.78. The molecule has 1 aliphatic rings. The quantitative estimate of drug-likeness (QED) is 0.709. The first kappa shape index (κ1) is 24.3. The molecule has 0 amide bonds. The minimum Gasteiger partial charge on any atom is -0.462 e. The number of esters is 1. The molecule has 1 heterocycles. The van der Waals surface area contributed by atoms with E-state index in [4.69, 9.17) is 9.47 Å². The minimum absolute atomic E-state index is 0.00325. The van der Waals surface area contributed by atoms with Crippen molar-refractivity contribution in [3.63, 3.8) is 0 Å². The molecule has 0 bridgehead atoms. The number of methoxy groups -OCH3 is 1. The Morgan fingerprint density at radius 2 is 1.85 bits per heavy atom. The van der Waals surface area contributed by atoms with Gasteiger partial charge in [0.25, 0.3) is 0 Å². The van der Waals surface area contributed by atoms with Gasteiger partial charge in [-0.3, -0.25) is 9.69 Å². The van der Waals surface area contributed by atoms with Crippen molar-refractivity contribution in [2.24, 2.45) is 23.7 Å². The number of cyclic esters (lactones) is 1. The summed E-state index contributed by atoms with van der Waals surface area (Å²) in [5.41, 5.74) is -0.868. The fourth-order valence-electron chi connectivity index (χ4n) is 4.78. The number of carbonyl (C=O) groups is 1. The largest absolute Gasteiger partial charge is 0.462 e. The summed E-state index contributed by atoms with van der Waals surface area (Å²) >= 11 is 0. The maximum absolute atomic E-state index is 12.8. The van der Waals surface area contributed by atoms with E-state index in [1.54, 1.807) is 7.11 Å². The SMILES string of the molecule is CC[C@H]1OC(=O)C(C)[C@@H](OC)[C@H](C)C[C@](C)(O)C[C@@H](C)CN(C)C(O)[C@H]1C. The van der Waals surface area contributed by atoms with E-state index in [0.717, 1.165) is 0 Å². The number of hydrogen-bond acceptors (Lipinski definition) is 6. The van der Waals surface area contributed by atoms with E-state index in [-0.39, 0.29) is 35.9 Å². The van der Waals surface area contributed by atoms with Crippen LogP contribution in [0.4, 0.5) is 0 Å². The summed E-state index contributed by atoms with van der Waals surface area (Å²) in [5.74, 6) is -0.763. The van der Waals surface area contributed by atoms with E-state index >= 15 is 0 Å². The average molecular weight is 388 g/mol. The van der Waals surface area contributed by atoms with Gasteiger partial charge in [0.2, 0.25) is 0 Å². The van der Waals surface area contributed by atoms with Gasteiger partial charge in [-0.25, -0.2) is 0 Å². The highest BCUT2D eigenvalue weighted by Gasteiger charge is 2.38. The summed E-state index contributed by atoms with van der Waals surface area (Å²) < 4.78 is 11.4. The van der Waals surface area contributed by atoms with E-state index < -0.39 is 17.7 Å². The van der Waals surface area contributed by atoms with Crippen molar-refractivity contribution in [3.05, 3.63) is 0 Å². The van der Waals surface area contributed by atoms with Crippen molar-refractivity contribution in [2.45, 2.75) is 84.8 Å². The molecule has 0 spiro atoms. The van der Waals surface area contributed by atoms with Gasteiger partial charge < -0.3 is 19.7 Å². The molecule has 0 aliphatic carbocycles. The second-order valence-electron chi connectivity index (χ2n) is 9.07. The van der Waals surface area contributed by atoms with Crippen LogP contribution >= 0.6 is 0 Å². The van der Waals surface area contributed by atoms with Gasteiger partial charge in [0.05, 0.1) is 17.6 Å². The highest BCUT2D eigenvalue weighted by molar-refractivity contribution is 5.73. The zero-order valence-corrected chi connectivity index (χ0v) is 18.4. The third-order valence-corrected chi connectivity index (χ3v) is 6.03. The van der Waals surface area contributed by atoms with E-state index in [9.17, 15) is 15.0 Å². The van der Waals surface area contributed by atoms with Crippen LogP contribution in [0.15, 0.2) is 0 Å². The molecule has 0 saturated carbocycles. The maximum Gasteiger partial charge on any atom is 0.311 e. The van der Waals surface area contributed by atoms with E-state index in [0.29, 0.717) is 25.8 Å². The summed E-state index contributed by atoms with van der Waals surface area (Å²) in [6.07, 6.45) is 0.393. The lowest BCUT2D eigenvalue weighted by Crippen LogP contribution is -2.47. The van der Waals surface area contributed by atoms with Crippen molar-refractivity contribution >= 4 is 5.97 Å². The average Bonchev–Trinajstić information content (AvgIpc) is 2.56. The van der Waals surface area contributed by atoms with E-state index in [2.05, 4.69) is 6.92 Å². The molecule has 2 N–H and O–H groups in total. The highest BCUT2D eigenvalue weighted by atomic mass is 16.5. The number of hydrogen-bond donors (Lipinski definition) is 2. The van der Waals surface area contributed by atoms with Gasteiger partial charge in [0, 0.05) is 19.6 Å². The molecule has 6 nitrogen and oxygen atoms in total. The van der Waals surface area contributed by atoms with Gasteiger partial charge in [-0.15, -0.1) is 0 Å². The van der Waals surface area contributed by atoms with Crippen LogP contribution in [0.3, 0.4) is 0 Å². The van der Waals surface area contributed by atoms with Crippen molar-refractivity contribution in [1.29, 1.82) is 0 Å². The van der Waals surface area contributed by atoms with Crippen LogP contribution in [0, 0.1) is 23.7 Å². The summed E-state index contributed by atoms with van der Waals surface area (Å²) in [6, 6.07) is 0. The van der Waals surface area contributed by atoms with Crippen LogP contribution in [-0.4, -0.2) is 65.8 Å². The Labute approximate surface area is 165 Å². The predicted octanol–water partition coefficient (Wildman–Crippen LogP) is 2.66. The monoisotopic (exact) mass is 387 g/mol. The number of rotatable bonds is 2. The number of ether oxygens (including phenoxy) is 2. The smallest absolute Gasteiger partial charge is 0.311 e. The number of aliphatic hydroxyl groups excluding tert-OH is 1. The zero-order valence-electron chi connectivity index (χ0n) is 18.4. The van der Waals surface area contributed by atoms with Crippen molar-refractivity contribution in [1.82, 2.24) is 4.90 Å². The lowest BCUT2D eigenvalue weighted by Gasteiger charge is -2.38. The third-order valence-electron chi connectivity index (χ3n) is 6.03. The first-order valence-corrected chi connectivity index (χ1v) is 10.3. The lowest BCUT2D eigenvalue weighted by atomic mass is 9.80. The van der Waals surface area contributed by atoms with Gasteiger partial charge in [0.15, 0.2) is 0 Å². The Balaban J connectivity index is 3.17. The maximum atomic E-state index is 12.8. The molecule has 160 valence electrons. The van der Waals surface area contributed by atoms with Gasteiger partial charge in [0.1, 0.15) is 12.3 Å². The first-order chi connectivity index (χ1) is 12.4. The van der Waals surface area contributed by atoms with E-state index in [1.165, 1.54) is 0 Å². The van der Waals surface area contributed by atoms with Gasteiger partial charge in [-0.2, -0.15) is 0 Å². The molecule has 0 aromatic carbocycles. The first-order valence-electron chi connectivity index (χ1n) is 10.3. The molecular formula is C21H41NO5. The Kier molecular flexibility index (Phi) is 9.19. The Hall–Kier alpha value is -0.690. The van der Waals surface area contributed by atoms with Crippen LogP contribution in [-0.2, 0) is 14.3 Å². The molecule has 1 rings (SSSR count). The van der Waals surface area contributed by atoms with Crippen molar-refractivity contribution in [3.8, 4) is 0 Å². The normalized spacial score (nSPS) is 43.8. The van der Waals surface area contributed by atoms with Crippen LogP contribution in [0.2, 0.25) is 0 Å². The number of carbonyl (C=O) groups excluding carboxylic acids is 1.